The van der Waals surface area contributed by atoms with Crippen molar-refractivity contribution < 1.29 is 14.3 Å². The van der Waals surface area contributed by atoms with Crippen molar-refractivity contribution >= 4 is 40.4 Å². The number of rotatable bonds is 5. The van der Waals surface area contributed by atoms with Crippen molar-refractivity contribution in [2.75, 3.05) is 23.0 Å². The molecule has 0 spiro atoms. The lowest BCUT2D eigenvalue weighted by atomic mass is 10.2. The first-order chi connectivity index (χ1) is 19.5. The van der Waals surface area contributed by atoms with E-state index in [1.54, 1.807) is 101 Å². The molecule has 0 radical (unpaired) electrons. The largest absolute Gasteiger partial charge is 0.443 e. The van der Waals surface area contributed by atoms with Gasteiger partial charge in [0.05, 0.1) is 11.4 Å². The van der Waals surface area contributed by atoms with Crippen LogP contribution in [0.4, 0.5) is 22.0 Å². The Morgan fingerprint density at radius 3 is 2.29 bits per heavy atom. The van der Waals surface area contributed by atoms with E-state index in [-0.39, 0.29) is 11.7 Å². The molecular formula is C30H29N7O4. The third kappa shape index (κ3) is 5.50. The van der Waals surface area contributed by atoms with Crippen LogP contribution in [0.3, 0.4) is 0 Å². The molecule has 3 aromatic carbocycles. The van der Waals surface area contributed by atoms with E-state index in [9.17, 15) is 14.4 Å². The third-order valence-electron chi connectivity index (χ3n) is 6.21. The number of hydrogen-bond donors (Lipinski definition) is 2. The monoisotopic (exact) mass is 551 g/mol. The average Bonchev–Trinajstić information content (AvgIpc) is 3.25. The molecule has 2 heterocycles. The highest BCUT2D eigenvalue weighted by molar-refractivity contribution is 6.04. The standard InChI is InChI=1S/C30H29N7O4/c1-30(2,3)41-29(40)35(4)22-11-8-12-23(17-22)37-26-24(25(31)32-18-33-26)36(28(37)39)21-15-13-20(14-16-21)34-27(38)19-9-6-5-7-10-19/h5-18H,1-4H3,(H,34,38)(H2,31,32,33). The third-order valence-corrected chi connectivity index (χ3v) is 6.21. The summed E-state index contributed by atoms with van der Waals surface area (Å²) in [7, 11) is 1.59. The Balaban J connectivity index is 1.54. The van der Waals surface area contributed by atoms with Crippen molar-refractivity contribution in [3.8, 4) is 11.4 Å². The molecular weight excluding hydrogens is 522 g/mol. The van der Waals surface area contributed by atoms with Crippen LogP contribution >= 0.6 is 0 Å². The maximum absolute atomic E-state index is 13.9. The molecule has 0 saturated carbocycles. The number of amides is 2. The van der Waals surface area contributed by atoms with Crippen LogP contribution in [0.1, 0.15) is 31.1 Å². The first-order valence-corrected chi connectivity index (χ1v) is 12.8. The fourth-order valence-electron chi connectivity index (χ4n) is 4.28. The Morgan fingerprint density at radius 2 is 1.61 bits per heavy atom. The van der Waals surface area contributed by atoms with Gasteiger partial charge in [-0.25, -0.2) is 24.1 Å². The van der Waals surface area contributed by atoms with Crippen molar-refractivity contribution in [3.05, 3.63) is 101 Å². The number of anilines is 3. The molecule has 0 unspecified atom stereocenters. The van der Waals surface area contributed by atoms with Crippen LogP contribution in [0.2, 0.25) is 0 Å². The van der Waals surface area contributed by atoms with Gasteiger partial charge in [-0.2, -0.15) is 0 Å². The molecule has 41 heavy (non-hydrogen) atoms. The molecule has 2 aromatic heterocycles. The molecule has 0 aliphatic heterocycles. The number of fused-ring (bicyclic) bond motifs is 1. The normalized spacial score (nSPS) is 11.3. The second kappa shape index (κ2) is 10.6. The number of ether oxygens (including phenoxy) is 1. The zero-order chi connectivity index (χ0) is 29.3. The molecule has 5 rings (SSSR count). The fourth-order valence-corrected chi connectivity index (χ4v) is 4.28. The average molecular weight is 552 g/mol. The van der Waals surface area contributed by atoms with Crippen LogP contribution in [0.15, 0.2) is 90.0 Å². The molecule has 11 heteroatoms. The Hall–Kier alpha value is -5.45. The minimum Gasteiger partial charge on any atom is -0.443 e. The van der Waals surface area contributed by atoms with Gasteiger partial charge in [0.2, 0.25) is 0 Å². The van der Waals surface area contributed by atoms with Crippen LogP contribution < -0.4 is 21.6 Å². The van der Waals surface area contributed by atoms with Crippen LogP contribution in [0.25, 0.3) is 22.5 Å². The van der Waals surface area contributed by atoms with E-state index < -0.39 is 17.4 Å². The van der Waals surface area contributed by atoms with E-state index in [1.165, 1.54) is 20.4 Å². The maximum atomic E-state index is 13.9. The topological polar surface area (TPSA) is 137 Å². The number of imidazole rings is 1. The number of nitrogens with zero attached hydrogens (tertiary/aromatic N) is 5. The molecule has 0 aliphatic rings. The molecule has 3 N–H and O–H groups in total. The lowest BCUT2D eigenvalue weighted by molar-refractivity contribution is 0.0589. The predicted octanol–water partition coefficient (Wildman–Crippen LogP) is 4.78. The summed E-state index contributed by atoms with van der Waals surface area (Å²) in [4.78, 5) is 49.0. The highest BCUT2D eigenvalue weighted by Gasteiger charge is 2.23. The summed E-state index contributed by atoms with van der Waals surface area (Å²) in [5.41, 5.74) is 8.33. The van der Waals surface area contributed by atoms with E-state index in [1.807, 2.05) is 6.07 Å². The minimum absolute atomic E-state index is 0.120. The summed E-state index contributed by atoms with van der Waals surface area (Å²) in [6.07, 6.45) is 0.757. The smallest absolute Gasteiger partial charge is 0.414 e. The van der Waals surface area contributed by atoms with Gasteiger partial charge in [0.15, 0.2) is 11.5 Å². The van der Waals surface area contributed by atoms with Crippen LogP contribution in [0, 0.1) is 0 Å². The molecule has 0 bridgehead atoms. The van der Waals surface area contributed by atoms with Gasteiger partial charge in [0.1, 0.15) is 17.4 Å². The van der Waals surface area contributed by atoms with Gasteiger partial charge in [0, 0.05) is 24.0 Å². The SMILES string of the molecule is CN(C(=O)OC(C)(C)C)c1cccc(-n2c(=O)n(-c3ccc(NC(=O)c4ccccc4)cc3)c3c(N)ncnc32)c1. The van der Waals surface area contributed by atoms with E-state index in [2.05, 4.69) is 15.3 Å². The fraction of sp³-hybridized carbons (Fsp3) is 0.167. The van der Waals surface area contributed by atoms with Crippen LogP contribution in [0.5, 0.6) is 0 Å². The van der Waals surface area contributed by atoms with Crippen molar-refractivity contribution in [1.29, 1.82) is 0 Å². The second-order valence-electron chi connectivity index (χ2n) is 10.3. The summed E-state index contributed by atoms with van der Waals surface area (Å²) in [6.45, 7) is 5.37. The maximum Gasteiger partial charge on any atom is 0.414 e. The lowest BCUT2D eigenvalue weighted by Crippen LogP contribution is -2.34. The van der Waals surface area contributed by atoms with Crippen molar-refractivity contribution in [1.82, 2.24) is 19.1 Å². The summed E-state index contributed by atoms with van der Waals surface area (Å²) in [5.74, 6) is -0.129. The molecule has 0 aliphatic carbocycles. The summed E-state index contributed by atoms with van der Waals surface area (Å²) >= 11 is 0. The highest BCUT2D eigenvalue weighted by atomic mass is 16.6. The molecule has 0 saturated heterocycles. The Bertz CT molecular complexity index is 1800. The Kier molecular flexibility index (Phi) is 7.02. The van der Waals surface area contributed by atoms with Gasteiger partial charge >= 0.3 is 11.8 Å². The van der Waals surface area contributed by atoms with Gasteiger partial charge in [0.25, 0.3) is 5.91 Å². The molecule has 208 valence electrons. The number of nitrogens with two attached hydrogens (primary N) is 1. The zero-order valence-corrected chi connectivity index (χ0v) is 23.0. The van der Waals surface area contributed by atoms with Gasteiger partial charge < -0.3 is 15.8 Å². The van der Waals surface area contributed by atoms with E-state index >= 15 is 0 Å². The van der Waals surface area contributed by atoms with E-state index in [0.717, 1.165) is 0 Å². The number of aromatic nitrogens is 4. The predicted molar refractivity (Wildman–Crippen MR) is 158 cm³/mol. The van der Waals surface area contributed by atoms with E-state index in [0.29, 0.717) is 39.5 Å². The number of nitrogen functional groups attached to an aromatic ring is 1. The molecule has 11 nitrogen and oxygen atoms in total. The summed E-state index contributed by atoms with van der Waals surface area (Å²) in [5, 5.41) is 2.85. The van der Waals surface area contributed by atoms with Crippen molar-refractivity contribution in [3.63, 3.8) is 0 Å². The summed E-state index contributed by atoms with van der Waals surface area (Å²) in [6, 6.07) is 22.6. The van der Waals surface area contributed by atoms with Gasteiger partial charge in [-0.05, 0) is 75.4 Å². The number of benzene rings is 3. The molecule has 0 atom stereocenters. The first kappa shape index (κ1) is 27.1. The van der Waals surface area contributed by atoms with E-state index in [4.69, 9.17) is 10.5 Å². The minimum atomic E-state index is -0.665. The lowest BCUT2D eigenvalue weighted by Gasteiger charge is -2.25. The zero-order valence-electron chi connectivity index (χ0n) is 23.0. The summed E-state index contributed by atoms with van der Waals surface area (Å²) < 4.78 is 8.30. The van der Waals surface area contributed by atoms with Crippen molar-refractivity contribution in [2.24, 2.45) is 0 Å². The highest BCUT2D eigenvalue weighted by Crippen LogP contribution is 2.26. The van der Waals surface area contributed by atoms with Gasteiger partial charge in [-0.3, -0.25) is 14.3 Å². The number of hydrogen-bond acceptors (Lipinski definition) is 7. The Labute approximate surface area is 235 Å². The molecule has 5 aromatic rings. The quantitative estimate of drug-likeness (QED) is 0.321. The number of nitrogens with one attached hydrogen (secondary N) is 1. The second-order valence-corrected chi connectivity index (χ2v) is 10.3. The molecule has 2 amide bonds. The number of carbonyl (C=O) groups is 2. The van der Waals surface area contributed by atoms with Crippen molar-refractivity contribution in [2.45, 2.75) is 26.4 Å². The number of carbonyl (C=O) groups excluding carboxylic acids is 2. The van der Waals surface area contributed by atoms with Gasteiger partial charge in [-0.15, -0.1) is 0 Å². The van der Waals surface area contributed by atoms with Gasteiger partial charge in [-0.1, -0.05) is 24.3 Å². The van der Waals surface area contributed by atoms with Crippen LogP contribution in [-0.4, -0.2) is 43.8 Å². The Morgan fingerprint density at radius 1 is 0.902 bits per heavy atom. The first-order valence-electron chi connectivity index (χ1n) is 12.8. The van der Waals surface area contributed by atoms with Crippen LogP contribution in [-0.2, 0) is 4.74 Å². The molecule has 0 fully saturated rings.